The first-order valence-electron chi connectivity index (χ1n) is 6.63. The highest BCUT2D eigenvalue weighted by Crippen LogP contribution is 2.32. The van der Waals surface area contributed by atoms with E-state index in [0.29, 0.717) is 19.7 Å². The number of hydrogen-bond donors (Lipinski definition) is 1. The molecule has 21 heavy (non-hydrogen) atoms. The number of aromatic carboxylic acids is 1. The van der Waals surface area contributed by atoms with Gasteiger partial charge in [0, 0.05) is 6.54 Å². The van der Waals surface area contributed by atoms with Gasteiger partial charge in [-0.1, -0.05) is 18.2 Å². The number of fused-ring (bicyclic) bond motifs is 1. The van der Waals surface area contributed by atoms with E-state index >= 15 is 0 Å². The van der Waals surface area contributed by atoms with E-state index in [9.17, 15) is 9.18 Å². The van der Waals surface area contributed by atoms with Gasteiger partial charge in [0.25, 0.3) is 0 Å². The summed E-state index contributed by atoms with van der Waals surface area (Å²) >= 11 is 0. The Kier molecular flexibility index (Phi) is 3.48. The Bertz CT molecular complexity index is 687. The number of para-hydroxylation sites is 2. The molecule has 0 radical (unpaired) electrons. The summed E-state index contributed by atoms with van der Waals surface area (Å²) in [6.07, 6.45) is 0. The highest BCUT2D eigenvalue weighted by Gasteiger charge is 2.18. The lowest BCUT2D eigenvalue weighted by Crippen LogP contribution is -2.32. The number of rotatable bonds is 3. The number of carboxylic acids is 1. The van der Waals surface area contributed by atoms with Crippen LogP contribution in [0.4, 0.5) is 10.1 Å². The molecule has 2 aromatic carbocycles. The Morgan fingerprint density at radius 2 is 2.10 bits per heavy atom. The topological polar surface area (TPSA) is 49.8 Å². The number of anilines is 1. The average Bonchev–Trinajstić information content (AvgIpc) is 2.47. The zero-order valence-electron chi connectivity index (χ0n) is 11.3. The summed E-state index contributed by atoms with van der Waals surface area (Å²) in [4.78, 5) is 12.9. The van der Waals surface area contributed by atoms with Gasteiger partial charge in [-0.15, -0.1) is 0 Å². The Morgan fingerprint density at radius 1 is 1.29 bits per heavy atom. The van der Waals surface area contributed by atoms with Crippen molar-refractivity contribution in [1.29, 1.82) is 0 Å². The molecular formula is C16H14FNO3. The molecule has 0 amide bonds. The lowest BCUT2D eigenvalue weighted by molar-refractivity contribution is 0.0692. The third kappa shape index (κ3) is 2.67. The van der Waals surface area contributed by atoms with E-state index in [0.717, 1.165) is 17.0 Å². The Balaban J connectivity index is 1.85. The maximum Gasteiger partial charge on any atom is 0.338 e. The maximum atomic E-state index is 13.7. The van der Waals surface area contributed by atoms with Crippen molar-refractivity contribution in [1.82, 2.24) is 0 Å². The van der Waals surface area contributed by atoms with Crippen LogP contribution < -0.4 is 9.64 Å². The summed E-state index contributed by atoms with van der Waals surface area (Å²) in [5.74, 6) is -1.15. The summed E-state index contributed by atoms with van der Waals surface area (Å²) in [6, 6.07) is 11.9. The Morgan fingerprint density at radius 3 is 2.86 bits per heavy atom. The van der Waals surface area contributed by atoms with Gasteiger partial charge in [0.05, 0.1) is 17.8 Å². The number of benzene rings is 2. The summed E-state index contributed by atoms with van der Waals surface area (Å²) in [5, 5.41) is 8.84. The lowest BCUT2D eigenvalue weighted by atomic mass is 10.1. The molecule has 1 heterocycles. The predicted octanol–water partition coefficient (Wildman–Crippen LogP) is 2.92. The van der Waals surface area contributed by atoms with Gasteiger partial charge < -0.3 is 14.7 Å². The fourth-order valence-corrected chi connectivity index (χ4v) is 2.44. The van der Waals surface area contributed by atoms with Gasteiger partial charge in [-0.3, -0.25) is 0 Å². The molecule has 3 rings (SSSR count). The van der Waals surface area contributed by atoms with Crippen molar-refractivity contribution < 1.29 is 19.0 Å². The van der Waals surface area contributed by atoms with E-state index in [1.165, 1.54) is 12.1 Å². The molecule has 4 nitrogen and oxygen atoms in total. The van der Waals surface area contributed by atoms with Gasteiger partial charge in [0.15, 0.2) is 0 Å². The van der Waals surface area contributed by atoms with Crippen molar-refractivity contribution in [3.05, 3.63) is 59.4 Å². The molecule has 0 unspecified atom stereocenters. The van der Waals surface area contributed by atoms with Crippen LogP contribution in [0.1, 0.15) is 15.9 Å². The summed E-state index contributed by atoms with van der Waals surface area (Å²) < 4.78 is 19.3. The zero-order chi connectivity index (χ0) is 14.8. The normalized spacial score (nSPS) is 13.5. The number of hydrogen-bond acceptors (Lipinski definition) is 3. The fourth-order valence-electron chi connectivity index (χ4n) is 2.44. The quantitative estimate of drug-likeness (QED) is 0.943. The SMILES string of the molecule is O=C(O)c1ccc(CN2CCOc3ccccc32)cc1F. The van der Waals surface area contributed by atoms with Crippen LogP contribution >= 0.6 is 0 Å². The van der Waals surface area contributed by atoms with E-state index in [4.69, 9.17) is 9.84 Å². The number of ether oxygens (including phenoxy) is 1. The van der Waals surface area contributed by atoms with Gasteiger partial charge in [-0.05, 0) is 29.8 Å². The molecular weight excluding hydrogens is 273 g/mol. The van der Waals surface area contributed by atoms with Crippen molar-refractivity contribution in [2.75, 3.05) is 18.1 Å². The van der Waals surface area contributed by atoms with Gasteiger partial charge in [0.2, 0.25) is 0 Å². The van der Waals surface area contributed by atoms with Crippen LogP contribution in [0, 0.1) is 5.82 Å². The first-order valence-corrected chi connectivity index (χ1v) is 6.63. The van der Waals surface area contributed by atoms with Gasteiger partial charge in [-0.2, -0.15) is 0 Å². The van der Waals surface area contributed by atoms with E-state index in [-0.39, 0.29) is 5.56 Å². The minimum atomic E-state index is -1.25. The van der Waals surface area contributed by atoms with Crippen LogP contribution in [0.5, 0.6) is 5.75 Å². The third-order valence-corrected chi connectivity index (χ3v) is 3.46. The van der Waals surface area contributed by atoms with E-state index in [1.54, 1.807) is 6.07 Å². The summed E-state index contributed by atoms with van der Waals surface area (Å²) in [6.45, 7) is 1.79. The van der Waals surface area contributed by atoms with Crippen LogP contribution in [0.25, 0.3) is 0 Å². The van der Waals surface area contributed by atoms with E-state index in [1.807, 2.05) is 24.3 Å². The van der Waals surface area contributed by atoms with Crippen molar-refractivity contribution >= 4 is 11.7 Å². The second-order valence-electron chi connectivity index (χ2n) is 4.86. The minimum absolute atomic E-state index is 0.305. The molecule has 108 valence electrons. The molecule has 1 N–H and O–H groups in total. The van der Waals surface area contributed by atoms with Crippen molar-refractivity contribution in [3.63, 3.8) is 0 Å². The highest BCUT2D eigenvalue weighted by molar-refractivity contribution is 5.87. The smallest absolute Gasteiger partial charge is 0.338 e. The first kappa shape index (κ1) is 13.4. The number of nitrogens with zero attached hydrogens (tertiary/aromatic N) is 1. The van der Waals surface area contributed by atoms with E-state index in [2.05, 4.69) is 4.90 Å². The second kappa shape index (κ2) is 5.44. The molecule has 0 atom stereocenters. The number of carboxylic acid groups (broad SMARTS) is 1. The molecule has 0 fully saturated rings. The van der Waals surface area contributed by atoms with Crippen LogP contribution in [0.15, 0.2) is 42.5 Å². The first-order chi connectivity index (χ1) is 10.1. The molecule has 1 aliphatic heterocycles. The zero-order valence-corrected chi connectivity index (χ0v) is 11.3. The fraction of sp³-hybridized carbons (Fsp3) is 0.188. The van der Waals surface area contributed by atoms with Crippen molar-refractivity contribution in [2.45, 2.75) is 6.54 Å². The van der Waals surface area contributed by atoms with Gasteiger partial charge in [0.1, 0.15) is 18.2 Å². The molecule has 0 aliphatic carbocycles. The summed E-state index contributed by atoms with van der Waals surface area (Å²) in [5.41, 5.74) is 1.39. The van der Waals surface area contributed by atoms with Crippen LogP contribution in [0.2, 0.25) is 0 Å². The van der Waals surface area contributed by atoms with Crippen molar-refractivity contribution in [3.8, 4) is 5.75 Å². The van der Waals surface area contributed by atoms with Crippen LogP contribution in [-0.4, -0.2) is 24.2 Å². The molecule has 0 aromatic heterocycles. The summed E-state index contributed by atoms with van der Waals surface area (Å²) in [7, 11) is 0. The molecule has 2 aromatic rings. The minimum Gasteiger partial charge on any atom is -0.490 e. The predicted molar refractivity (Wildman–Crippen MR) is 76.3 cm³/mol. The molecule has 0 spiro atoms. The Hall–Kier alpha value is -2.56. The average molecular weight is 287 g/mol. The molecule has 0 saturated heterocycles. The largest absolute Gasteiger partial charge is 0.490 e. The lowest BCUT2D eigenvalue weighted by Gasteiger charge is -2.31. The second-order valence-corrected chi connectivity index (χ2v) is 4.86. The van der Waals surface area contributed by atoms with E-state index < -0.39 is 11.8 Å². The Labute approximate surface area is 121 Å². The monoisotopic (exact) mass is 287 g/mol. The molecule has 5 heteroatoms. The molecule has 0 saturated carbocycles. The number of halogens is 1. The van der Waals surface area contributed by atoms with Crippen molar-refractivity contribution in [2.24, 2.45) is 0 Å². The standard InChI is InChI=1S/C16H14FNO3/c17-13-9-11(5-6-12(13)16(19)20)10-18-7-8-21-15-4-2-1-3-14(15)18/h1-6,9H,7-8,10H2,(H,19,20). The van der Waals surface area contributed by atoms with Crippen LogP contribution in [-0.2, 0) is 6.54 Å². The van der Waals surface area contributed by atoms with Crippen LogP contribution in [0.3, 0.4) is 0 Å². The third-order valence-electron chi connectivity index (χ3n) is 3.46. The van der Waals surface area contributed by atoms with Gasteiger partial charge >= 0.3 is 5.97 Å². The highest BCUT2D eigenvalue weighted by atomic mass is 19.1. The van der Waals surface area contributed by atoms with Gasteiger partial charge in [-0.25, -0.2) is 9.18 Å². The number of carbonyl (C=O) groups is 1. The maximum absolute atomic E-state index is 13.7. The molecule has 0 bridgehead atoms. The molecule has 1 aliphatic rings.